The number of carbonyl (C=O) groups is 2. The molecule has 0 bridgehead atoms. The van der Waals surface area contributed by atoms with E-state index in [0.29, 0.717) is 12.0 Å². The zero-order valence-corrected chi connectivity index (χ0v) is 19.9. The van der Waals surface area contributed by atoms with Gasteiger partial charge < -0.3 is 10.1 Å². The Morgan fingerprint density at radius 2 is 1.85 bits per heavy atom. The van der Waals surface area contributed by atoms with Crippen molar-refractivity contribution in [3.05, 3.63) is 89.2 Å². The van der Waals surface area contributed by atoms with E-state index < -0.39 is 12.0 Å². The van der Waals surface area contributed by atoms with Crippen LogP contribution in [-0.2, 0) is 9.53 Å². The molecule has 0 spiro atoms. The van der Waals surface area contributed by atoms with Crippen molar-refractivity contribution < 1.29 is 14.3 Å². The number of rotatable bonds is 9. The molecule has 2 aromatic carbocycles. The Morgan fingerprint density at radius 1 is 1.06 bits per heavy atom. The lowest BCUT2D eigenvalue weighted by Crippen LogP contribution is -2.42. The van der Waals surface area contributed by atoms with Gasteiger partial charge in [-0.2, -0.15) is 11.8 Å². The molecule has 0 aliphatic carbocycles. The third kappa shape index (κ3) is 6.56. The number of nitrogens with one attached hydrogen (secondary N) is 1. The van der Waals surface area contributed by atoms with Crippen molar-refractivity contribution in [1.82, 2.24) is 10.3 Å². The zero-order chi connectivity index (χ0) is 23.6. The first kappa shape index (κ1) is 24.3. The molecule has 1 atom stereocenters. The predicted octanol–water partition coefficient (Wildman–Crippen LogP) is 5.25. The van der Waals surface area contributed by atoms with Crippen molar-refractivity contribution in [1.29, 1.82) is 0 Å². The minimum atomic E-state index is -0.690. The third-order valence-corrected chi connectivity index (χ3v) is 5.92. The fourth-order valence-corrected chi connectivity index (χ4v) is 3.96. The van der Waals surface area contributed by atoms with Gasteiger partial charge in [0.2, 0.25) is 0 Å². The summed E-state index contributed by atoms with van der Waals surface area (Å²) >= 11 is 1.62. The number of aryl methyl sites for hydroxylation is 1. The molecule has 1 amide bonds. The largest absolute Gasteiger partial charge is 0.467 e. The van der Waals surface area contributed by atoms with Gasteiger partial charge in [-0.05, 0) is 71.4 Å². The van der Waals surface area contributed by atoms with Gasteiger partial charge in [0.25, 0.3) is 5.91 Å². The SMILES string of the molecule is COC(=O)C(CCSC)NC(=O)c1ccc(/C=C/c2cccnc2)cc1-c1ccccc1C. The minimum absolute atomic E-state index is 0.299. The average molecular weight is 461 g/mol. The summed E-state index contributed by atoms with van der Waals surface area (Å²) < 4.78 is 4.90. The van der Waals surface area contributed by atoms with Gasteiger partial charge in [0.05, 0.1) is 7.11 Å². The van der Waals surface area contributed by atoms with Crippen LogP contribution >= 0.6 is 11.8 Å². The molecular weight excluding hydrogens is 432 g/mol. The Morgan fingerprint density at radius 3 is 2.55 bits per heavy atom. The summed E-state index contributed by atoms with van der Waals surface area (Å²) in [5.41, 5.74) is 5.31. The second kappa shape index (κ2) is 12.0. The molecule has 170 valence electrons. The molecule has 1 N–H and O–H groups in total. The van der Waals surface area contributed by atoms with Crippen LogP contribution in [0.3, 0.4) is 0 Å². The van der Waals surface area contributed by atoms with Gasteiger partial charge in [-0.1, -0.05) is 48.6 Å². The van der Waals surface area contributed by atoms with Crippen molar-refractivity contribution in [2.45, 2.75) is 19.4 Å². The molecule has 33 heavy (non-hydrogen) atoms. The summed E-state index contributed by atoms with van der Waals surface area (Å²) in [6.07, 6.45) is 9.98. The van der Waals surface area contributed by atoms with E-state index >= 15 is 0 Å². The molecule has 0 fully saturated rings. The van der Waals surface area contributed by atoms with Gasteiger partial charge >= 0.3 is 5.97 Å². The molecule has 3 rings (SSSR count). The number of carbonyl (C=O) groups excluding carboxylic acids is 2. The summed E-state index contributed by atoms with van der Waals surface area (Å²) in [4.78, 5) is 29.6. The van der Waals surface area contributed by atoms with Crippen LogP contribution in [0.15, 0.2) is 67.0 Å². The molecule has 0 aliphatic heterocycles. The molecule has 1 aromatic heterocycles. The zero-order valence-electron chi connectivity index (χ0n) is 19.1. The van der Waals surface area contributed by atoms with Crippen molar-refractivity contribution in [3.8, 4) is 11.1 Å². The number of ether oxygens (including phenoxy) is 1. The maximum absolute atomic E-state index is 13.3. The lowest BCUT2D eigenvalue weighted by atomic mass is 9.93. The highest BCUT2D eigenvalue weighted by atomic mass is 32.2. The number of pyridine rings is 1. The van der Waals surface area contributed by atoms with E-state index in [1.54, 1.807) is 24.2 Å². The number of esters is 1. The normalized spacial score (nSPS) is 11.8. The van der Waals surface area contributed by atoms with Crippen LogP contribution in [0.5, 0.6) is 0 Å². The molecule has 1 heterocycles. The van der Waals surface area contributed by atoms with Crippen LogP contribution < -0.4 is 5.32 Å². The maximum Gasteiger partial charge on any atom is 0.328 e. The fraction of sp³-hybridized carbons (Fsp3) is 0.222. The number of aromatic nitrogens is 1. The molecule has 1 unspecified atom stereocenters. The van der Waals surface area contributed by atoms with Crippen molar-refractivity contribution in [2.24, 2.45) is 0 Å². The molecule has 0 saturated carbocycles. The summed E-state index contributed by atoms with van der Waals surface area (Å²) in [5.74, 6) is 0.00128. The van der Waals surface area contributed by atoms with E-state index in [0.717, 1.165) is 33.6 Å². The number of benzene rings is 2. The van der Waals surface area contributed by atoms with Gasteiger partial charge in [-0.3, -0.25) is 9.78 Å². The van der Waals surface area contributed by atoms with Gasteiger partial charge in [0.1, 0.15) is 6.04 Å². The van der Waals surface area contributed by atoms with Crippen LogP contribution in [0, 0.1) is 6.92 Å². The molecule has 0 aliphatic rings. The van der Waals surface area contributed by atoms with Gasteiger partial charge in [-0.15, -0.1) is 0 Å². The Kier molecular flexibility index (Phi) is 8.84. The first-order chi connectivity index (χ1) is 16.0. The maximum atomic E-state index is 13.3. The molecule has 5 nitrogen and oxygen atoms in total. The van der Waals surface area contributed by atoms with Crippen molar-refractivity contribution in [2.75, 3.05) is 19.1 Å². The number of nitrogens with zero attached hydrogens (tertiary/aromatic N) is 1. The quantitative estimate of drug-likeness (QED) is 0.442. The standard InChI is InChI=1S/C27H28N2O3S/c1-19-7-4-5-9-22(19)24-17-20(10-11-21-8-6-15-28-18-21)12-13-23(24)26(30)29-25(14-16-33-3)27(31)32-2/h4-13,15,17-18,25H,14,16H2,1-3H3,(H,29,30)/b11-10+. The Labute approximate surface area is 199 Å². The highest BCUT2D eigenvalue weighted by molar-refractivity contribution is 7.98. The summed E-state index contributed by atoms with van der Waals surface area (Å²) in [5, 5.41) is 2.87. The van der Waals surface area contributed by atoms with Crippen LogP contribution in [0.1, 0.15) is 33.5 Å². The number of thioether (sulfide) groups is 1. The van der Waals surface area contributed by atoms with Crippen LogP contribution in [0.25, 0.3) is 23.3 Å². The molecule has 6 heteroatoms. The number of hydrogen-bond donors (Lipinski definition) is 1. The Balaban J connectivity index is 1.98. The second-order valence-electron chi connectivity index (χ2n) is 7.57. The number of hydrogen-bond acceptors (Lipinski definition) is 5. The van der Waals surface area contributed by atoms with Crippen molar-refractivity contribution >= 4 is 35.8 Å². The van der Waals surface area contributed by atoms with E-state index in [2.05, 4.69) is 10.3 Å². The first-order valence-electron chi connectivity index (χ1n) is 10.7. The van der Waals surface area contributed by atoms with Gasteiger partial charge in [0, 0.05) is 18.0 Å². The molecule has 3 aromatic rings. The minimum Gasteiger partial charge on any atom is -0.467 e. The van der Waals surface area contributed by atoms with Crippen LogP contribution in [0.4, 0.5) is 0 Å². The molecule has 0 saturated heterocycles. The van der Waals surface area contributed by atoms with E-state index in [-0.39, 0.29) is 5.91 Å². The van der Waals surface area contributed by atoms with E-state index in [1.165, 1.54) is 7.11 Å². The topological polar surface area (TPSA) is 68.3 Å². The van der Waals surface area contributed by atoms with E-state index in [1.807, 2.05) is 79.9 Å². The van der Waals surface area contributed by atoms with Crippen molar-refractivity contribution in [3.63, 3.8) is 0 Å². The highest BCUT2D eigenvalue weighted by Gasteiger charge is 2.23. The van der Waals surface area contributed by atoms with Gasteiger partial charge in [0.15, 0.2) is 0 Å². The highest BCUT2D eigenvalue weighted by Crippen LogP contribution is 2.29. The lowest BCUT2D eigenvalue weighted by Gasteiger charge is -2.18. The number of amides is 1. The number of methoxy groups -OCH3 is 1. The molecule has 0 radical (unpaired) electrons. The van der Waals surface area contributed by atoms with E-state index in [9.17, 15) is 9.59 Å². The molecular formula is C27H28N2O3S. The smallest absolute Gasteiger partial charge is 0.328 e. The fourth-order valence-electron chi connectivity index (χ4n) is 3.49. The first-order valence-corrected chi connectivity index (χ1v) is 12.1. The average Bonchev–Trinajstić information content (AvgIpc) is 2.85. The predicted molar refractivity (Wildman–Crippen MR) is 136 cm³/mol. The monoisotopic (exact) mass is 460 g/mol. The lowest BCUT2D eigenvalue weighted by molar-refractivity contribution is -0.142. The third-order valence-electron chi connectivity index (χ3n) is 5.28. The summed E-state index contributed by atoms with van der Waals surface area (Å²) in [6, 6.07) is 16.8. The summed E-state index contributed by atoms with van der Waals surface area (Å²) in [7, 11) is 1.34. The van der Waals surface area contributed by atoms with E-state index in [4.69, 9.17) is 4.74 Å². The Hall–Kier alpha value is -3.38. The Bertz CT molecular complexity index is 1130. The van der Waals surface area contributed by atoms with Crippen LogP contribution in [0.2, 0.25) is 0 Å². The second-order valence-corrected chi connectivity index (χ2v) is 8.56. The van der Waals surface area contributed by atoms with Gasteiger partial charge in [-0.25, -0.2) is 4.79 Å². The summed E-state index contributed by atoms with van der Waals surface area (Å²) in [6.45, 7) is 2.02. The van der Waals surface area contributed by atoms with Crippen LogP contribution in [-0.4, -0.2) is 42.0 Å².